The molecule has 0 saturated heterocycles. The molecule has 2 aromatic rings. The van der Waals surface area contributed by atoms with E-state index in [2.05, 4.69) is 22.0 Å². The Labute approximate surface area is 103 Å². The molecule has 2 nitrogen and oxygen atoms in total. The zero-order chi connectivity index (χ0) is 11.7. The molecule has 84 valence electrons. The summed E-state index contributed by atoms with van der Waals surface area (Å²) in [5.41, 5.74) is 3.13. The molecule has 0 radical (unpaired) electrons. The summed E-state index contributed by atoms with van der Waals surface area (Å²) in [7, 11) is 0. The highest BCUT2D eigenvalue weighted by Gasteiger charge is 2.17. The van der Waals surface area contributed by atoms with E-state index in [1.54, 1.807) is 12.3 Å². The molecule has 0 saturated carbocycles. The fourth-order valence-corrected chi connectivity index (χ4v) is 2.24. The van der Waals surface area contributed by atoms with Crippen LogP contribution in [0.4, 0.5) is 0 Å². The minimum Gasteiger partial charge on any atom is -0.465 e. The SMILES string of the molecule is Cc1cc(C)cc(C(O)c2occc2Br)c1. The Morgan fingerprint density at radius 3 is 2.31 bits per heavy atom. The largest absolute Gasteiger partial charge is 0.465 e. The normalized spacial score (nSPS) is 12.8. The van der Waals surface area contributed by atoms with Crippen molar-refractivity contribution in [2.45, 2.75) is 20.0 Å². The van der Waals surface area contributed by atoms with Crippen molar-refractivity contribution in [2.75, 3.05) is 0 Å². The van der Waals surface area contributed by atoms with Gasteiger partial charge in [0.15, 0.2) is 5.76 Å². The van der Waals surface area contributed by atoms with Crippen molar-refractivity contribution in [2.24, 2.45) is 0 Å². The quantitative estimate of drug-likeness (QED) is 0.909. The molecule has 0 amide bonds. The molecule has 0 aliphatic carbocycles. The van der Waals surface area contributed by atoms with Gasteiger partial charge in [-0.05, 0) is 41.4 Å². The molecule has 2 rings (SSSR count). The highest BCUT2D eigenvalue weighted by Crippen LogP contribution is 2.30. The van der Waals surface area contributed by atoms with Gasteiger partial charge in [0.2, 0.25) is 0 Å². The maximum absolute atomic E-state index is 10.2. The number of hydrogen-bond acceptors (Lipinski definition) is 2. The highest BCUT2D eigenvalue weighted by molar-refractivity contribution is 9.10. The van der Waals surface area contributed by atoms with E-state index in [4.69, 9.17) is 4.42 Å². The predicted molar refractivity (Wildman–Crippen MR) is 66.4 cm³/mol. The van der Waals surface area contributed by atoms with Crippen molar-refractivity contribution in [3.05, 3.63) is 57.5 Å². The maximum atomic E-state index is 10.2. The van der Waals surface area contributed by atoms with E-state index in [1.807, 2.05) is 26.0 Å². The summed E-state index contributed by atoms with van der Waals surface area (Å²) in [6.45, 7) is 4.03. The van der Waals surface area contributed by atoms with E-state index in [9.17, 15) is 5.11 Å². The summed E-state index contributed by atoms with van der Waals surface area (Å²) in [6, 6.07) is 7.79. The van der Waals surface area contributed by atoms with Gasteiger partial charge in [-0.1, -0.05) is 29.3 Å². The molecule has 0 aliphatic rings. The van der Waals surface area contributed by atoms with E-state index in [-0.39, 0.29) is 0 Å². The first-order valence-electron chi connectivity index (χ1n) is 5.07. The van der Waals surface area contributed by atoms with Gasteiger partial charge in [0.05, 0.1) is 10.7 Å². The molecule has 0 bridgehead atoms. The monoisotopic (exact) mass is 280 g/mol. The lowest BCUT2D eigenvalue weighted by Gasteiger charge is -2.11. The molecule has 0 spiro atoms. The Kier molecular flexibility index (Phi) is 3.17. The van der Waals surface area contributed by atoms with Crippen LogP contribution in [0.25, 0.3) is 0 Å². The second-order valence-corrected chi connectivity index (χ2v) is 4.81. The first-order valence-corrected chi connectivity index (χ1v) is 5.86. The average molecular weight is 281 g/mol. The van der Waals surface area contributed by atoms with Crippen LogP contribution in [0.5, 0.6) is 0 Å². The number of aliphatic hydroxyl groups is 1. The molecule has 1 heterocycles. The lowest BCUT2D eigenvalue weighted by atomic mass is 10.0. The van der Waals surface area contributed by atoms with Gasteiger partial charge in [0.1, 0.15) is 6.10 Å². The summed E-state index contributed by atoms with van der Waals surface area (Å²) in [4.78, 5) is 0. The number of furan rings is 1. The number of aliphatic hydroxyl groups excluding tert-OH is 1. The third-order valence-corrected chi connectivity index (χ3v) is 3.11. The van der Waals surface area contributed by atoms with Gasteiger partial charge in [0, 0.05) is 0 Å². The Bertz CT molecular complexity index is 482. The highest BCUT2D eigenvalue weighted by atomic mass is 79.9. The van der Waals surface area contributed by atoms with Crippen molar-refractivity contribution >= 4 is 15.9 Å². The fraction of sp³-hybridized carbons (Fsp3) is 0.231. The Balaban J connectivity index is 2.41. The number of benzene rings is 1. The lowest BCUT2D eigenvalue weighted by molar-refractivity contribution is 0.188. The van der Waals surface area contributed by atoms with E-state index < -0.39 is 6.10 Å². The summed E-state index contributed by atoms with van der Waals surface area (Å²) < 4.78 is 6.05. The van der Waals surface area contributed by atoms with Crippen LogP contribution in [0.3, 0.4) is 0 Å². The van der Waals surface area contributed by atoms with Crippen molar-refractivity contribution in [1.29, 1.82) is 0 Å². The number of rotatable bonds is 2. The second-order valence-electron chi connectivity index (χ2n) is 3.96. The van der Waals surface area contributed by atoms with Gasteiger partial charge in [0.25, 0.3) is 0 Å². The first-order chi connectivity index (χ1) is 7.58. The van der Waals surface area contributed by atoms with Crippen LogP contribution in [0.2, 0.25) is 0 Å². The standard InChI is InChI=1S/C13H13BrO2/c1-8-5-9(2)7-10(6-8)12(15)13-11(14)3-4-16-13/h3-7,12,15H,1-2H3. The molecular formula is C13H13BrO2. The fourth-order valence-electron chi connectivity index (χ4n) is 1.82. The van der Waals surface area contributed by atoms with Crippen molar-refractivity contribution in [3.8, 4) is 0 Å². The van der Waals surface area contributed by atoms with Crippen LogP contribution in [-0.2, 0) is 0 Å². The van der Waals surface area contributed by atoms with Crippen molar-refractivity contribution < 1.29 is 9.52 Å². The van der Waals surface area contributed by atoms with E-state index in [1.165, 1.54) is 0 Å². The van der Waals surface area contributed by atoms with Crippen LogP contribution in [0.1, 0.15) is 28.6 Å². The minimum absolute atomic E-state index is 0.546. The Morgan fingerprint density at radius 2 is 1.81 bits per heavy atom. The molecule has 1 aromatic carbocycles. The number of aryl methyl sites for hydroxylation is 2. The van der Waals surface area contributed by atoms with Crippen LogP contribution in [0.15, 0.2) is 39.4 Å². The third kappa shape index (κ3) is 2.20. The van der Waals surface area contributed by atoms with Gasteiger partial charge in [-0.2, -0.15) is 0 Å². The molecule has 0 fully saturated rings. The molecule has 0 aliphatic heterocycles. The van der Waals surface area contributed by atoms with Crippen LogP contribution >= 0.6 is 15.9 Å². The van der Waals surface area contributed by atoms with Gasteiger partial charge in [-0.25, -0.2) is 0 Å². The molecule has 1 unspecified atom stereocenters. The zero-order valence-corrected chi connectivity index (χ0v) is 10.8. The smallest absolute Gasteiger partial charge is 0.150 e. The van der Waals surface area contributed by atoms with E-state index in [0.29, 0.717) is 5.76 Å². The maximum Gasteiger partial charge on any atom is 0.150 e. The van der Waals surface area contributed by atoms with Crippen molar-refractivity contribution in [1.82, 2.24) is 0 Å². The van der Waals surface area contributed by atoms with Crippen LogP contribution in [-0.4, -0.2) is 5.11 Å². The zero-order valence-electron chi connectivity index (χ0n) is 9.20. The molecule has 16 heavy (non-hydrogen) atoms. The van der Waals surface area contributed by atoms with Crippen LogP contribution < -0.4 is 0 Å². The van der Waals surface area contributed by atoms with Gasteiger partial charge in [-0.15, -0.1) is 0 Å². The molecular weight excluding hydrogens is 268 g/mol. The summed E-state index contributed by atoms with van der Waals surface area (Å²) >= 11 is 3.35. The molecule has 1 atom stereocenters. The summed E-state index contributed by atoms with van der Waals surface area (Å²) in [5, 5.41) is 10.2. The predicted octanol–water partition coefficient (Wildman–Crippen LogP) is 3.74. The number of hydrogen-bond donors (Lipinski definition) is 1. The minimum atomic E-state index is -0.719. The van der Waals surface area contributed by atoms with Gasteiger partial charge >= 0.3 is 0 Å². The lowest BCUT2D eigenvalue weighted by Crippen LogP contribution is -1.99. The van der Waals surface area contributed by atoms with Crippen LogP contribution in [0, 0.1) is 13.8 Å². The number of halogens is 1. The van der Waals surface area contributed by atoms with Crippen molar-refractivity contribution in [3.63, 3.8) is 0 Å². The molecule has 3 heteroatoms. The topological polar surface area (TPSA) is 33.4 Å². The first kappa shape index (κ1) is 11.4. The van der Waals surface area contributed by atoms with E-state index in [0.717, 1.165) is 21.2 Å². The van der Waals surface area contributed by atoms with Gasteiger partial charge in [-0.3, -0.25) is 0 Å². The average Bonchev–Trinajstić information content (AvgIpc) is 2.62. The third-order valence-electron chi connectivity index (χ3n) is 2.45. The Morgan fingerprint density at radius 1 is 1.19 bits per heavy atom. The Hall–Kier alpha value is -1.06. The molecule has 1 aromatic heterocycles. The second kappa shape index (κ2) is 4.44. The van der Waals surface area contributed by atoms with Gasteiger partial charge < -0.3 is 9.52 Å². The summed E-state index contributed by atoms with van der Waals surface area (Å²) in [6.07, 6.45) is 0.841. The molecule has 1 N–H and O–H groups in total. The summed E-state index contributed by atoms with van der Waals surface area (Å²) in [5.74, 6) is 0.546. The van der Waals surface area contributed by atoms with E-state index >= 15 is 0 Å².